The number of carbonyl (C=O) groups is 2. The van der Waals surface area contributed by atoms with Crippen LogP contribution in [-0.4, -0.2) is 52.8 Å². The maximum absolute atomic E-state index is 13.2. The fourth-order valence-electron chi connectivity index (χ4n) is 4.37. The van der Waals surface area contributed by atoms with E-state index in [1.165, 1.54) is 0 Å². The molecule has 2 amide bonds. The van der Waals surface area contributed by atoms with Gasteiger partial charge < -0.3 is 19.0 Å². The number of rotatable bonds is 7. The average molecular weight is 462 g/mol. The molecule has 1 aliphatic rings. The second-order valence-corrected chi connectivity index (χ2v) is 8.80. The van der Waals surface area contributed by atoms with Crippen LogP contribution in [0.5, 0.6) is 5.75 Å². The van der Waals surface area contributed by atoms with E-state index >= 15 is 0 Å². The van der Waals surface area contributed by atoms with E-state index in [4.69, 9.17) is 14.1 Å². The monoisotopic (exact) mass is 461 g/mol. The van der Waals surface area contributed by atoms with Gasteiger partial charge in [-0.3, -0.25) is 14.6 Å². The van der Waals surface area contributed by atoms with Gasteiger partial charge >= 0.3 is 0 Å². The Bertz CT molecular complexity index is 1110. The number of para-hydroxylation sites is 1. The van der Waals surface area contributed by atoms with Crippen molar-refractivity contribution < 1.29 is 18.7 Å². The molecule has 0 aliphatic carbocycles. The minimum absolute atomic E-state index is 0.0195. The molecular formula is C27H31N3O4. The summed E-state index contributed by atoms with van der Waals surface area (Å²) < 4.78 is 11.2. The number of carbonyl (C=O) groups excluding carboxylic acids is 2. The highest BCUT2D eigenvalue weighted by atomic mass is 16.5. The summed E-state index contributed by atoms with van der Waals surface area (Å²) in [6, 6.07) is 16.8. The number of nitrogens with zero attached hydrogens (tertiary/aromatic N) is 3. The van der Waals surface area contributed by atoms with Crippen molar-refractivity contribution in [1.29, 1.82) is 0 Å². The summed E-state index contributed by atoms with van der Waals surface area (Å²) in [4.78, 5) is 34.4. The molecule has 0 bridgehead atoms. The van der Waals surface area contributed by atoms with Crippen molar-refractivity contribution in [3.05, 3.63) is 83.6 Å². The van der Waals surface area contributed by atoms with E-state index in [-0.39, 0.29) is 17.7 Å². The summed E-state index contributed by atoms with van der Waals surface area (Å²) in [6.45, 7) is 5.33. The van der Waals surface area contributed by atoms with Gasteiger partial charge in [-0.25, -0.2) is 0 Å². The lowest BCUT2D eigenvalue weighted by Crippen LogP contribution is -2.44. The Morgan fingerprint density at radius 1 is 1.12 bits per heavy atom. The molecule has 1 saturated heterocycles. The third-order valence-corrected chi connectivity index (χ3v) is 6.21. The molecular weight excluding hydrogens is 430 g/mol. The van der Waals surface area contributed by atoms with Crippen LogP contribution in [0.2, 0.25) is 0 Å². The molecule has 7 nitrogen and oxygen atoms in total. The zero-order valence-corrected chi connectivity index (χ0v) is 19.9. The lowest BCUT2D eigenvalue weighted by Gasteiger charge is -2.34. The van der Waals surface area contributed by atoms with Crippen molar-refractivity contribution in [2.45, 2.75) is 45.3 Å². The van der Waals surface area contributed by atoms with Crippen molar-refractivity contribution in [3.63, 3.8) is 0 Å². The number of amides is 2. The van der Waals surface area contributed by atoms with Crippen LogP contribution < -0.4 is 4.74 Å². The number of piperidine rings is 1. The largest absolute Gasteiger partial charge is 0.481 e. The van der Waals surface area contributed by atoms with Crippen molar-refractivity contribution in [2.75, 3.05) is 20.1 Å². The fraction of sp³-hybridized carbons (Fsp3) is 0.370. The standard InChI is InChI=1S/C27H31N3O4/c1-19-11-12-24(27(32)29(3)18-23-10-7-17-33-23)25(28-19)21-13-15-30(16-14-21)26(31)20(2)34-22-8-5-4-6-9-22/h4-12,17,20-21H,13-16,18H2,1-3H3. The topological polar surface area (TPSA) is 75.9 Å². The average Bonchev–Trinajstić information content (AvgIpc) is 3.37. The van der Waals surface area contributed by atoms with Gasteiger partial charge in [0.05, 0.1) is 24.1 Å². The van der Waals surface area contributed by atoms with E-state index in [9.17, 15) is 9.59 Å². The smallest absolute Gasteiger partial charge is 0.263 e. The van der Waals surface area contributed by atoms with E-state index in [1.807, 2.05) is 66.4 Å². The summed E-state index contributed by atoms with van der Waals surface area (Å²) in [5.74, 6) is 1.43. The Labute approximate surface area is 200 Å². The highest BCUT2D eigenvalue weighted by Gasteiger charge is 2.31. The molecule has 34 heavy (non-hydrogen) atoms. The van der Waals surface area contributed by atoms with Crippen LogP contribution in [-0.2, 0) is 11.3 Å². The highest BCUT2D eigenvalue weighted by Crippen LogP contribution is 2.30. The van der Waals surface area contributed by atoms with E-state index in [0.717, 1.165) is 30.0 Å². The van der Waals surface area contributed by atoms with Crippen LogP contribution >= 0.6 is 0 Å². The van der Waals surface area contributed by atoms with Crippen LogP contribution in [0.15, 0.2) is 65.3 Å². The summed E-state index contributed by atoms with van der Waals surface area (Å²) in [5.41, 5.74) is 2.31. The van der Waals surface area contributed by atoms with Crippen LogP contribution in [0, 0.1) is 6.92 Å². The predicted molar refractivity (Wildman–Crippen MR) is 129 cm³/mol. The van der Waals surface area contributed by atoms with Gasteiger partial charge in [0.2, 0.25) is 0 Å². The third-order valence-electron chi connectivity index (χ3n) is 6.21. The molecule has 0 radical (unpaired) electrons. The minimum Gasteiger partial charge on any atom is -0.481 e. The number of likely N-dealkylation sites (tertiary alicyclic amines) is 1. The SMILES string of the molecule is Cc1ccc(C(=O)N(C)Cc2ccco2)c(C2CCN(C(=O)C(C)Oc3ccccc3)CC2)n1. The van der Waals surface area contributed by atoms with Gasteiger partial charge in [0.1, 0.15) is 11.5 Å². The van der Waals surface area contributed by atoms with Crippen molar-refractivity contribution in [2.24, 2.45) is 0 Å². The Balaban J connectivity index is 1.41. The lowest BCUT2D eigenvalue weighted by atomic mass is 9.89. The van der Waals surface area contributed by atoms with Gasteiger partial charge in [0.25, 0.3) is 11.8 Å². The van der Waals surface area contributed by atoms with Gasteiger partial charge in [-0.05, 0) is 63.1 Å². The number of benzene rings is 1. The van der Waals surface area contributed by atoms with Crippen LogP contribution in [0.3, 0.4) is 0 Å². The highest BCUT2D eigenvalue weighted by molar-refractivity contribution is 5.95. The molecule has 178 valence electrons. The molecule has 4 rings (SSSR count). The van der Waals surface area contributed by atoms with Gasteiger partial charge in [-0.15, -0.1) is 0 Å². The van der Waals surface area contributed by atoms with Gasteiger partial charge in [-0.1, -0.05) is 18.2 Å². The van der Waals surface area contributed by atoms with E-state index in [2.05, 4.69) is 0 Å². The number of aryl methyl sites for hydroxylation is 1. The summed E-state index contributed by atoms with van der Waals surface area (Å²) in [5, 5.41) is 0. The van der Waals surface area contributed by atoms with Gasteiger partial charge in [-0.2, -0.15) is 0 Å². The van der Waals surface area contributed by atoms with Crippen molar-refractivity contribution in [1.82, 2.24) is 14.8 Å². The molecule has 0 N–H and O–H groups in total. The zero-order valence-electron chi connectivity index (χ0n) is 19.9. The van der Waals surface area contributed by atoms with Crippen LogP contribution in [0.1, 0.15) is 53.2 Å². The minimum atomic E-state index is -0.552. The maximum Gasteiger partial charge on any atom is 0.263 e. The Morgan fingerprint density at radius 2 is 1.85 bits per heavy atom. The molecule has 2 aromatic heterocycles. The number of ether oxygens (including phenoxy) is 1. The summed E-state index contributed by atoms with van der Waals surface area (Å²) in [6.07, 6.45) is 2.56. The van der Waals surface area contributed by atoms with Gasteiger partial charge in [0, 0.05) is 31.7 Å². The first-order valence-electron chi connectivity index (χ1n) is 11.7. The number of hydrogen-bond donors (Lipinski definition) is 0. The molecule has 0 saturated carbocycles. The molecule has 3 aromatic rings. The van der Waals surface area contributed by atoms with Crippen molar-refractivity contribution in [3.8, 4) is 5.75 Å². The normalized spacial score (nSPS) is 15.1. The Morgan fingerprint density at radius 3 is 2.53 bits per heavy atom. The Kier molecular flexibility index (Phi) is 7.30. The first-order chi connectivity index (χ1) is 16.4. The zero-order chi connectivity index (χ0) is 24.1. The molecule has 1 atom stereocenters. The second-order valence-electron chi connectivity index (χ2n) is 8.80. The molecule has 7 heteroatoms. The van der Waals surface area contributed by atoms with Crippen LogP contribution in [0.25, 0.3) is 0 Å². The number of aromatic nitrogens is 1. The number of pyridine rings is 1. The van der Waals surface area contributed by atoms with E-state index < -0.39 is 6.10 Å². The lowest BCUT2D eigenvalue weighted by molar-refractivity contribution is -0.139. The maximum atomic E-state index is 13.2. The first-order valence-corrected chi connectivity index (χ1v) is 11.7. The number of furan rings is 1. The van der Waals surface area contributed by atoms with Gasteiger partial charge in [0.15, 0.2) is 6.10 Å². The number of hydrogen-bond acceptors (Lipinski definition) is 5. The predicted octanol–water partition coefficient (Wildman–Crippen LogP) is 4.43. The molecule has 3 heterocycles. The summed E-state index contributed by atoms with van der Waals surface area (Å²) >= 11 is 0. The van der Waals surface area contributed by atoms with Crippen LogP contribution in [0.4, 0.5) is 0 Å². The molecule has 1 unspecified atom stereocenters. The Hall–Kier alpha value is -3.61. The van der Waals surface area contributed by atoms with Crippen molar-refractivity contribution >= 4 is 11.8 Å². The third kappa shape index (κ3) is 5.47. The first kappa shape index (κ1) is 23.5. The molecule has 1 fully saturated rings. The van der Waals surface area contributed by atoms with E-state index in [1.54, 1.807) is 25.1 Å². The molecule has 1 aliphatic heterocycles. The van der Waals surface area contributed by atoms with E-state index in [0.29, 0.717) is 30.9 Å². The summed E-state index contributed by atoms with van der Waals surface area (Å²) in [7, 11) is 1.77. The molecule has 1 aromatic carbocycles. The fourth-order valence-corrected chi connectivity index (χ4v) is 4.37. The quantitative estimate of drug-likeness (QED) is 0.520. The molecule has 0 spiro atoms. The second kappa shape index (κ2) is 10.5.